The summed E-state index contributed by atoms with van der Waals surface area (Å²) in [4.78, 5) is 16.9. The maximum atomic E-state index is 13.1. The molecule has 0 spiro atoms. The summed E-state index contributed by atoms with van der Waals surface area (Å²) in [5.41, 5.74) is 2.38. The molecule has 0 saturated carbocycles. The molecule has 2 saturated heterocycles. The van der Waals surface area contributed by atoms with E-state index in [9.17, 15) is 4.39 Å². The van der Waals surface area contributed by atoms with E-state index in [0.717, 1.165) is 69.3 Å². The number of piperazine rings is 1. The Balaban J connectivity index is 1.23. The molecule has 5 rings (SSSR count). The summed E-state index contributed by atoms with van der Waals surface area (Å²) in [6, 6.07) is 19.4. The molecule has 0 unspecified atom stereocenters. The fraction of sp³-hybridized carbons (Fsp3) is 0.433. The van der Waals surface area contributed by atoms with Crippen molar-refractivity contribution in [2.24, 2.45) is 5.92 Å². The number of aromatic nitrogens is 2. The van der Waals surface area contributed by atoms with E-state index >= 15 is 0 Å². The second-order valence-electron chi connectivity index (χ2n) is 10.5. The quantitative estimate of drug-likeness (QED) is 0.299. The van der Waals surface area contributed by atoms with Gasteiger partial charge in [-0.15, -0.1) is 0 Å². The van der Waals surface area contributed by atoms with Gasteiger partial charge in [0, 0.05) is 57.6 Å². The fourth-order valence-electron chi connectivity index (χ4n) is 5.32. The van der Waals surface area contributed by atoms with E-state index < -0.39 is 0 Å². The third kappa shape index (κ3) is 7.56. The third-order valence-electron chi connectivity index (χ3n) is 7.47. The Morgan fingerprint density at radius 1 is 0.923 bits per heavy atom. The number of halogens is 1. The Hall–Kier alpha value is -3.46. The summed E-state index contributed by atoms with van der Waals surface area (Å²) in [6.07, 6.45) is 4.17. The van der Waals surface area contributed by atoms with Gasteiger partial charge in [0.15, 0.2) is 5.11 Å². The van der Waals surface area contributed by atoms with E-state index in [1.54, 1.807) is 0 Å². The summed E-state index contributed by atoms with van der Waals surface area (Å²) in [5.74, 6) is 2.86. The lowest BCUT2D eigenvalue weighted by atomic mass is 10.0. The lowest BCUT2D eigenvalue weighted by Gasteiger charge is -2.37. The fourth-order valence-corrected chi connectivity index (χ4v) is 5.52. The number of piperidine rings is 1. The average molecular weight is 548 g/mol. The molecule has 7 nitrogen and oxygen atoms in total. The lowest BCUT2D eigenvalue weighted by Crippen LogP contribution is -2.47. The maximum Gasteiger partial charge on any atom is 0.232 e. The number of nitrogens with zero attached hydrogens (tertiary/aromatic N) is 5. The van der Waals surface area contributed by atoms with Gasteiger partial charge in [-0.1, -0.05) is 37.3 Å². The van der Waals surface area contributed by atoms with Crippen LogP contribution in [0.3, 0.4) is 0 Å². The minimum Gasteiger partial charge on any atom is -0.368 e. The van der Waals surface area contributed by atoms with Crippen LogP contribution in [0.2, 0.25) is 0 Å². The van der Waals surface area contributed by atoms with Crippen LogP contribution in [0.15, 0.2) is 60.7 Å². The number of aryl methyl sites for hydroxylation is 1. The van der Waals surface area contributed by atoms with Gasteiger partial charge in [0.25, 0.3) is 0 Å². The molecule has 39 heavy (non-hydrogen) atoms. The number of hydrogen-bond acceptors (Lipinski definition) is 6. The van der Waals surface area contributed by atoms with Crippen molar-refractivity contribution in [1.82, 2.24) is 15.3 Å². The maximum absolute atomic E-state index is 13.1. The number of para-hydroxylation sites is 1. The average Bonchev–Trinajstić information content (AvgIpc) is 2.97. The molecule has 206 valence electrons. The van der Waals surface area contributed by atoms with Crippen molar-refractivity contribution in [1.29, 1.82) is 0 Å². The summed E-state index contributed by atoms with van der Waals surface area (Å²) in [5, 5.41) is 7.02. The van der Waals surface area contributed by atoms with Crippen molar-refractivity contribution < 1.29 is 4.39 Å². The van der Waals surface area contributed by atoms with Gasteiger partial charge in [-0.05, 0) is 73.6 Å². The second kappa shape index (κ2) is 13.1. The van der Waals surface area contributed by atoms with Gasteiger partial charge >= 0.3 is 0 Å². The number of benzene rings is 2. The van der Waals surface area contributed by atoms with Crippen molar-refractivity contribution in [2.75, 3.05) is 65.8 Å². The molecule has 2 aliphatic heterocycles. The molecule has 1 atom stereocenters. The Morgan fingerprint density at radius 2 is 1.62 bits per heavy atom. The lowest BCUT2D eigenvalue weighted by molar-refractivity contribution is 0.444. The van der Waals surface area contributed by atoms with Crippen molar-refractivity contribution in [2.45, 2.75) is 32.6 Å². The van der Waals surface area contributed by atoms with Crippen LogP contribution in [0.1, 0.15) is 31.7 Å². The van der Waals surface area contributed by atoms with E-state index in [1.807, 2.05) is 12.1 Å². The van der Waals surface area contributed by atoms with Crippen molar-refractivity contribution >= 4 is 40.6 Å². The topological polar surface area (TPSA) is 59.6 Å². The van der Waals surface area contributed by atoms with Crippen LogP contribution in [-0.4, -0.2) is 60.9 Å². The molecular formula is C30H38FN7S. The molecule has 1 aromatic heterocycles. The number of rotatable bonds is 8. The Labute approximate surface area is 236 Å². The molecule has 0 radical (unpaired) electrons. The molecule has 0 amide bonds. The van der Waals surface area contributed by atoms with Gasteiger partial charge in [0.1, 0.15) is 17.5 Å². The van der Waals surface area contributed by atoms with Gasteiger partial charge in [0.05, 0.1) is 0 Å². The highest BCUT2D eigenvalue weighted by atomic mass is 32.1. The predicted octanol–water partition coefficient (Wildman–Crippen LogP) is 5.10. The van der Waals surface area contributed by atoms with E-state index in [0.29, 0.717) is 23.5 Å². The predicted molar refractivity (Wildman–Crippen MR) is 162 cm³/mol. The highest BCUT2D eigenvalue weighted by Gasteiger charge is 2.23. The van der Waals surface area contributed by atoms with E-state index in [4.69, 9.17) is 22.2 Å². The molecule has 2 aliphatic rings. The van der Waals surface area contributed by atoms with Crippen molar-refractivity contribution in [3.8, 4) is 0 Å². The molecule has 9 heteroatoms. The minimum absolute atomic E-state index is 0.207. The van der Waals surface area contributed by atoms with Crippen molar-refractivity contribution in [3.05, 3.63) is 72.0 Å². The van der Waals surface area contributed by atoms with Crippen LogP contribution in [0.25, 0.3) is 0 Å². The monoisotopic (exact) mass is 547 g/mol. The molecular weight excluding hydrogens is 509 g/mol. The minimum atomic E-state index is -0.207. The Bertz CT molecular complexity index is 1220. The molecule has 3 aromatic rings. The summed E-state index contributed by atoms with van der Waals surface area (Å²) >= 11 is 5.59. The first-order valence-electron chi connectivity index (χ1n) is 14.0. The first-order valence-corrected chi connectivity index (χ1v) is 14.4. The van der Waals surface area contributed by atoms with E-state index in [2.05, 4.69) is 68.7 Å². The van der Waals surface area contributed by atoms with Crippen LogP contribution < -0.4 is 25.3 Å². The molecule has 2 fully saturated rings. The smallest absolute Gasteiger partial charge is 0.232 e. The van der Waals surface area contributed by atoms with Gasteiger partial charge in [-0.25, -0.2) is 4.39 Å². The summed E-state index contributed by atoms with van der Waals surface area (Å²) < 4.78 is 13.1. The van der Waals surface area contributed by atoms with Crippen molar-refractivity contribution in [3.63, 3.8) is 0 Å². The highest BCUT2D eigenvalue weighted by molar-refractivity contribution is 7.80. The standard InChI is InChI=1S/C30H38FN7S/c1-23-7-6-16-38(22-23)28-21-27(37-19-17-36(18-20-37)26-9-3-2-4-10-26)33-29(34-28)35-30(39)32-15-5-8-24-11-13-25(31)14-12-24/h2-4,9-14,21,23H,5-8,15-20,22H2,1H3,(H2,32,33,34,35,39)/t23-/m1/s1. The summed E-state index contributed by atoms with van der Waals surface area (Å²) in [7, 11) is 0. The molecule has 0 bridgehead atoms. The Kier molecular flexibility index (Phi) is 9.08. The first-order chi connectivity index (χ1) is 19.0. The SMILES string of the molecule is C[C@@H]1CCCN(c2cc(N3CCN(c4ccccc4)CC3)nc(NC(=S)NCCCc3ccc(F)cc3)n2)C1. The third-order valence-corrected chi connectivity index (χ3v) is 7.72. The second-order valence-corrected chi connectivity index (χ2v) is 10.9. The number of thiocarbonyl (C=S) groups is 1. The number of hydrogen-bond donors (Lipinski definition) is 2. The van der Waals surface area contributed by atoms with Crippen LogP contribution in [-0.2, 0) is 6.42 Å². The molecule has 2 aromatic carbocycles. The van der Waals surface area contributed by atoms with Gasteiger partial charge < -0.3 is 25.3 Å². The van der Waals surface area contributed by atoms with Crippen LogP contribution in [0, 0.1) is 11.7 Å². The van der Waals surface area contributed by atoms with E-state index in [-0.39, 0.29) is 5.82 Å². The highest BCUT2D eigenvalue weighted by Crippen LogP contribution is 2.27. The van der Waals surface area contributed by atoms with Crippen LogP contribution in [0.5, 0.6) is 0 Å². The summed E-state index contributed by atoms with van der Waals surface area (Å²) in [6.45, 7) is 8.71. The molecule has 0 aliphatic carbocycles. The molecule has 3 heterocycles. The van der Waals surface area contributed by atoms with Gasteiger partial charge in [-0.2, -0.15) is 9.97 Å². The largest absolute Gasteiger partial charge is 0.368 e. The van der Waals surface area contributed by atoms with Gasteiger partial charge in [-0.3, -0.25) is 0 Å². The number of anilines is 4. The zero-order valence-electron chi connectivity index (χ0n) is 22.7. The normalized spacial score (nSPS) is 17.7. The first kappa shape index (κ1) is 27.1. The zero-order valence-corrected chi connectivity index (χ0v) is 23.5. The molecule has 2 N–H and O–H groups in total. The Morgan fingerprint density at radius 3 is 2.33 bits per heavy atom. The number of nitrogens with one attached hydrogen (secondary N) is 2. The van der Waals surface area contributed by atoms with Crippen LogP contribution in [0.4, 0.5) is 27.7 Å². The van der Waals surface area contributed by atoms with Crippen LogP contribution >= 0.6 is 12.2 Å². The van der Waals surface area contributed by atoms with Gasteiger partial charge in [0.2, 0.25) is 5.95 Å². The van der Waals surface area contributed by atoms with E-state index in [1.165, 1.54) is 30.7 Å². The zero-order chi connectivity index (χ0) is 27.0.